The van der Waals surface area contributed by atoms with Crippen LogP contribution in [0.5, 0.6) is 0 Å². The van der Waals surface area contributed by atoms with E-state index in [1.165, 1.54) is 0 Å². The van der Waals surface area contributed by atoms with Crippen LogP contribution in [0.2, 0.25) is 0 Å². The first kappa shape index (κ1) is 17.5. The summed E-state index contributed by atoms with van der Waals surface area (Å²) in [4.78, 5) is 22.5. The maximum absolute atomic E-state index is 11.2. The Morgan fingerprint density at radius 3 is 2.76 bits per heavy atom. The summed E-state index contributed by atoms with van der Waals surface area (Å²) >= 11 is 0. The lowest BCUT2D eigenvalue weighted by Gasteiger charge is -2.33. The Morgan fingerprint density at radius 1 is 1.32 bits per heavy atom. The highest BCUT2D eigenvalue weighted by atomic mass is 16.4. The lowest BCUT2D eigenvalue weighted by Crippen LogP contribution is -2.34. The number of aromatic carboxylic acids is 1. The molecule has 0 bridgehead atoms. The zero-order chi connectivity index (χ0) is 17.8. The quantitative estimate of drug-likeness (QED) is 0.900. The Kier molecular flexibility index (Phi) is 5.43. The van der Waals surface area contributed by atoms with Crippen molar-refractivity contribution in [1.82, 2.24) is 14.9 Å². The number of nitrogens with zero attached hydrogens (tertiary/aromatic N) is 3. The molecule has 1 N–H and O–H groups in total. The molecule has 132 valence electrons. The molecule has 0 radical (unpaired) electrons. The second kappa shape index (κ2) is 7.74. The highest BCUT2D eigenvalue weighted by molar-refractivity contribution is 5.87. The Morgan fingerprint density at radius 2 is 2.08 bits per heavy atom. The summed E-state index contributed by atoms with van der Waals surface area (Å²) in [5.41, 5.74) is 2.62. The second-order valence-corrected chi connectivity index (χ2v) is 7.11. The minimum absolute atomic E-state index is 0.343. The first-order chi connectivity index (χ1) is 12.0. The average molecular weight is 339 g/mol. The van der Waals surface area contributed by atoms with Crippen molar-refractivity contribution in [2.24, 2.45) is 0 Å². The Hall–Kier alpha value is -2.27. The molecule has 3 rings (SSSR count). The van der Waals surface area contributed by atoms with Gasteiger partial charge in [-0.25, -0.2) is 14.8 Å². The number of carbonyl (C=O) groups is 1. The van der Waals surface area contributed by atoms with E-state index in [0.29, 0.717) is 17.4 Å². The van der Waals surface area contributed by atoms with E-state index in [9.17, 15) is 9.90 Å². The number of benzene rings is 1. The summed E-state index contributed by atoms with van der Waals surface area (Å²) in [6, 6.07) is 7.36. The molecule has 1 aromatic carbocycles. The fraction of sp³-hybridized carbons (Fsp3) is 0.450. The van der Waals surface area contributed by atoms with Crippen molar-refractivity contribution in [1.29, 1.82) is 0 Å². The third-order valence-electron chi connectivity index (χ3n) is 4.76. The van der Waals surface area contributed by atoms with Gasteiger partial charge in [-0.1, -0.05) is 26.0 Å². The Balaban J connectivity index is 1.66. The van der Waals surface area contributed by atoms with E-state index in [0.717, 1.165) is 49.4 Å². The molecule has 0 unspecified atom stereocenters. The van der Waals surface area contributed by atoms with E-state index in [4.69, 9.17) is 0 Å². The SMILES string of the molecule is CC(C)c1ncc(CN2CCC[C@H](c3cccc(C(=O)O)c3)C2)cn1. The fourth-order valence-corrected chi connectivity index (χ4v) is 3.40. The molecule has 1 aromatic heterocycles. The molecular weight excluding hydrogens is 314 g/mol. The van der Waals surface area contributed by atoms with E-state index in [-0.39, 0.29) is 0 Å². The van der Waals surface area contributed by atoms with Gasteiger partial charge in [0.15, 0.2) is 0 Å². The van der Waals surface area contributed by atoms with Gasteiger partial charge < -0.3 is 5.11 Å². The van der Waals surface area contributed by atoms with Crippen molar-refractivity contribution in [3.05, 3.63) is 59.2 Å². The molecule has 0 amide bonds. The molecule has 5 heteroatoms. The lowest BCUT2D eigenvalue weighted by atomic mass is 9.89. The summed E-state index contributed by atoms with van der Waals surface area (Å²) in [5, 5.41) is 9.19. The molecule has 1 aliphatic heterocycles. The summed E-state index contributed by atoms with van der Waals surface area (Å²) in [5.74, 6) is 0.737. The van der Waals surface area contributed by atoms with Crippen LogP contribution in [0.25, 0.3) is 0 Å². The first-order valence-corrected chi connectivity index (χ1v) is 8.89. The molecule has 2 aromatic rings. The predicted molar refractivity (Wildman–Crippen MR) is 96.8 cm³/mol. The zero-order valence-electron chi connectivity index (χ0n) is 14.9. The van der Waals surface area contributed by atoms with E-state index < -0.39 is 5.97 Å². The van der Waals surface area contributed by atoms with Gasteiger partial charge in [-0.2, -0.15) is 0 Å². The monoisotopic (exact) mass is 339 g/mol. The molecule has 25 heavy (non-hydrogen) atoms. The predicted octanol–water partition coefficient (Wildman–Crippen LogP) is 3.68. The first-order valence-electron chi connectivity index (χ1n) is 8.89. The van der Waals surface area contributed by atoms with Crippen LogP contribution < -0.4 is 0 Å². The maximum atomic E-state index is 11.2. The van der Waals surface area contributed by atoms with Crippen molar-refractivity contribution >= 4 is 5.97 Å². The molecule has 0 saturated carbocycles. The van der Waals surface area contributed by atoms with E-state index in [1.54, 1.807) is 6.07 Å². The van der Waals surface area contributed by atoms with E-state index in [2.05, 4.69) is 28.7 Å². The highest BCUT2D eigenvalue weighted by Gasteiger charge is 2.22. The van der Waals surface area contributed by atoms with Gasteiger partial charge in [-0.15, -0.1) is 0 Å². The number of carboxylic acids is 1. The van der Waals surface area contributed by atoms with Gasteiger partial charge in [-0.05, 0) is 43.0 Å². The van der Waals surface area contributed by atoms with Crippen LogP contribution in [0.15, 0.2) is 36.7 Å². The number of piperidine rings is 1. The molecule has 1 atom stereocenters. The third-order valence-corrected chi connectivity index (χ3v) is 4.76. The van der Waals surface area contributed by atoms with Gasteiger partial charge in [0.2, 0.25) is 0 Å². The summed E-state index contributed by atoms with van der Waals surface area (Å²) in [6.07, 6.45) is 6.07. The molecule has 1 saturated heterocycles. The van der Waals surface area contributed by atoms with Crippen LogP contribution in [0, 0.1) is 0 Å². The van der Waals surface area contributed by atoms with Gasteiger partial charge in [-0.3, -0.25) is 4.90 Å². The average Bonchev–Trinajstić information content (AvgIpc) is 2.62. The second-order valence-electron chi connectivity index (χ2n) is 7.11. The van der Waals surface area contributed by atoms with Gasteiger partial charge >= 0.3 is 5.97 Å². The van der Waals surface area contributed by atoms with E-state index >= 15 is 0 Å². The third kappa shape index (κ3) is 4.42. The van der Waals surface area contributed by atoms with Gasteiger partial charge in [0.25, 0.3) is 0 Å². The van der Waals surface area contributed by atoms with Crippen molar-refractivity contribution in [2.75, 3.05) is 13.1 Å². The van der Waals surface area contributed by atoms with Crippen LogP contribution >= 0.6 is 0 Å². The van der Waals surface area contributed by atoms with Crippen LogP contribution in [-0.4, -0.2) is 39.0 Å². The normalized spacial score (nSPS) is 18.4. The topological polar surface area (TPSA) is 66.3 Å². The molecular formula is C20H25N3O2. The molecule has 2 heterocycles. The number of hydrogen-bond acceptors (Lipinski definition) is 4. The smallest absolute Gasteiger partial charge is 0.335 e. The van der Waals surface area contributed by atoms with Crippen molar-refractivity contribution in [2.45, 2.75) is 45.1 Å². The minimum atomic E-state index is -0.864. The van der Waals surface area contributed by atoms with Crippen LogP contribution in [0.1, 0.15) is 65.8 Å². The van der Waals surface area contributed by atoms with Crippen LogP contribution in [0.3, 0.4) is 0 Å². The molecule has 0 aliphatic carbocycles. The summed E-state index contributed by atoms with van der Waals surface area (Å²) < 4.78 is 0. The number of aromatic nitrogens is 2. The van der Waals surface area contributed by atoms with Crippen molar-refractivity contribution in [3.63, 3.8) is 0 Å². The standard InChI is InChI=1S/C20H25N3O2/c1-14(2)19-21-10-15(11-22-19)12-23-8-4-7-18(13-23)16-5-3-6-17(9-16)20(24)25/h3,5-6,9-11,14,18H,4,7-8,12-13H2,1-2H3,(H,24,25)/t18-/m0/s1. The summed E-state index contributed by atoms with van der Waals surface area (Å²) in [6.45, 7) is 7.02. The van der Waals surface area contributed by atoms with Crippen LogP contribution in [-0.2, 0) is 6.54 Å². The highest BCUT2D eigenvalue weighted by Crippen LogP contribution is 2.28. The number of hydrogen-bond donors (Lipinski definition) is 1. The van der Waals surface area contributed by atoms with Gasteiger partial charge in [0.05, 0.1) is 5.56 Å². The molecule has 5 nitrogen and oxygen atoms in total. The number of rotatable bonds is 5. The molecule has 1 aliphatic rings. The van der Waals surface area contributed by atoms with Crippen molar-refractivity contribution < 1.29 is 9.90 Å². The number of likely N-dealkylation sites (tertiary alicyclic amines) is 1. The largest absolute Gasteiger partial charge is 0.478 e. The number of carboxylic acid groups (broad SMARTS) is 1. The van der Waals surface area contributed by atoms with Gasteiger partial charge in [0.1, 0.15) is 5.82 Å². The van der Waals surface area contributed by atoms with Gasteiger partial charge in [0, 0.05) is 37.0 Å². The minimum Gasteiger partial charge on any atom is -0.478 e. The maximum Gasteiger partial charge on any atom is 0.335 e. The van der Waals surface area contributed by atoms with Crippen LogP contribution in [0.4, 0.5) is 0 Å². The van der Waals surface area contributed by atoms with Crippen molar-refractivity contribution in [3.8, 4) is 0 Å². The molecule has 1 fully saturated rings. The molecule has 0 spiro atoms. The zero-order valence-corrected chi connectivity index (χ0v) is 14.9. The van der Waals surface area contributed by atoms with E-state index in [1.807, 2.05) is 30.6 Å². The Bertz CT molecular complexity index is 728. The summed E-state index contributed by atoms with van der Waals surface area (Å²) in [7, 11) is 0. The lowest BCUT2D eigenvalue weighted by molar-refractivity contribution is 0.0696. The fourth-order valence-electron chi connectivity index (χ4n) is 3.40. The Labute approximate surface area is 148 Å².